The Balaban J connectivity index is 2.69. The van der Waals surface area contributed by atoms with Gasteiger partial charge in [-0.05, 0) is 28.9 Å². The Bertz CT molecular complexity index is 361. The van der Waals surface area contributed by atoms with E-state index in [2.05, 4.69) is 15.9 Å². The van der Waals surface area contributed by atoms with Gasteiger partial charge in [-0.25, -0.2) is 0 Å². The van der Waals surface area contributed by atoms with E-state index >= 15 is 0 Å². The van der Waals surface area contributed by atoms with Crippen molar-refractivity contribution < 1.29 is 22.4 Å². The van der Waals surface area contributed by atoms with Crippen LogP contribution in [0.15, 0.2) is 21.4 Å². The molecule has 0 spiro atoms. The highest BCUT2D eigenvalue weighted by Crippen LogP contribution is 2.21. The summed E-state index contributed by atoms with van der Waals surface area (Å²) in [5, 5.41) is 1.81. The molecule has 0 aliphatic heterocycles. The average Bonchev–Trinajstić information content (AvgIpc) is 2.49. The van der Waals surface area contributed by atoms with E-state index in [1.807, 2.05) is 5.32 Å². The smallest absolute Gasteiger partial charge is 0.408 e. The molecule has 1 rings (SSSR count). The number of alkyl halides is 3. The molecule has 0 aliphatic rings. The van der Waals surface area contributed by atoms with Crippen molar-refractivity contribution in [2.45, 2.75) is 19.1 Å². The minimum atomic E-state index is -4.45. The number of rotatable bonds is 2. The van der Waals surface area contributed by atoms with Crippen molar-refractivity contribution in [3.05, 3.63) is 22.6 Å². The van der Waals surface area contributed by atoms with Gasteiger partial charge in [0.15, 0.2) is 4.67 Å². The van der Waals surface area contributed by atoms with Crippen molar-refractivity contribution in [2.24, 2.45) is 0 Å². The molecule has 0 radical (unpaired) electrons. The number of halogens is 4. The summed E-state index contributed by atoms with van der Waals surface area (Å²) in [5.41, 5.74) is 0.0334. The van der Waals surface area contributed by atoms with E-state index in [1.165, 1.54) is 12.3 Å². The first-order valence-electron chi connectivity index (χ1n) is 3.93. The normalized spacial score (nSPS) is 13.7. The van der Waals surface area contributed by atoms with Gasteiger partial charge in [0, 0.05) is 0 Å². The molecule has 1 aromatic heterocycles. The standard InChI is InChI=1S/C8H7BrF3NO2/c1-4(8(10,11)12)13-7(14)5-2-3-15-6(5)9/h2-4H,1H3,(H,13,14). The molecule has 1 aromatic rings. The molecule has 7 heteroatoms. The second-order valence-corrected chi connectivity index (χ2v) is 3.56. The second-order valence-electron chi connectivity index (χ2n) is 2.84. The maximum absolute atomic E-state index is 12.1. The molecule has 1 atom stereocenters. The summed E-state index contributed by atoms with van der Waals surface area (Å²) in [6.45, 7) is 0.867. The first kappa shape index (κ1) is 12.1. The van der Waals surface area contributed by atoms with Gasteiger partial charge in [0.05, 0.1) is 11.8 Å². The fraction of sp³-hybridized carbons (Fsp3) is 0.375. The van der Waals surface area contributed by atoms with Gasteiger partial charge in [-0.2, -0.15) is 13.2 Å². The first-order valence-corrected chi connectivity index (χ1v) is 4.72. The number of furan rings is 1. The van der Waals surface area contributed by atoms with E-state index in [4.69, 9.17) is 4.42 Å². The van der Waals surface area contributed by atoms with E-state index in [-0.39, 0.29) is 10.2 Å². The molecule has 1 N–H and O–H groups in total. The monoisotopic (exact) mass is 285 g/mol. The van der Waals surface area contributed by atoms with Gasteiger partial charge in [-0.3, -0.25) is 4.79 Å². The van der Waals surface area contributed by atoms with Gasteiger partial charge >= 0.3 is 6.18 Å². The predicted octanol–water partition coefficient (Wildman–Crippen LogP) is 2.72. The van der Waals surface area contributed by atoms with E-state index in [0.29, 0.717) is 0 Å². The van der Waals surface area contributed by atoms with Gasteiger partial charge in [-0.15, -0.1) is 0 Å². The third-order valence-corrected chi connectivity index (χ3v) is 2.32. The van der Waals surface area contributed by atoms with Crippen LogP contribution < -0.4 is 5.32 Å². The Morgan fingerprint density at radius 2 is 2.20 bits per heavy atom. The number of hydrogen-bond acceptors (Lipinski definition) is 2. The van der Waals surface area contributed by atoms with Gasteiger partial charge in [0.1, 0.15) is 6.04 Å². The number of carbonyl (C=O) groups excluding carboxylic acids is 1. The zero-order valence-corrected chi connectivity index (χ0v) is 9.15. The van der Waals surface area contributed by atoms with E-state index in [9.17, 15) is 18.0 Å². The number of hydrogen-bond donors (Lipinski definition) is 1. The minimum absolute atomic E-state index is 0.0334. The lowest BCUT2D eigenvalue weighted by Gasteiger charge is -2.16. The van der Waals surface area contributed by atoms with Crippen LogP contribution in [-0.2, 0) is 0 Å². The lowest BCUT2D eigenvalue weighted by atomic mass is 10.2. The number of nitrogens with one attached hydrogen (secondary N) is 1. The maximum atomic E-state index is 12.1. The lowest BCUT2D eigenvalue weighted by Crippen LogP contribution is -2.43. The SMILES string of the molecule is CC(NC(=O)c1ccoc1Br)C(F)(F)F. The van der Waals surface area contributed by atoms with Crippen LogP contribution in [0.3, 0.4) is 0 Å². The molecular weight excluding hydrogens is 279 g/mol. The zero-order chi connectivity index (χ0) is 11.6. The summed E-state index contributed by atoms with van der Waals surface area (Å²) in [6, 6.07) is -0.616. The van der Waals surface area contributed by atoms with Crippen LogP contribution in [-0.4, -0.2) is 18.1 Å². The third kappa shape index (κ3) is 2.98. The molecule has 1 unspecified atom stereocenters. The van der Waals surface area contributed by atoms with Crippen molar-refractivity contribution in [1.82, 2.24) is 5.32 Å². The Morgan fingerprint density at radius 3 is 2.60 bits per heavy atom. The molecule has 15 heavy (non-hydrogen) atoms. The van der Waals surface area contributed by atoms with E-state index in [1.54, 1.807) is 0 Å². The van der Waals surface area contributed by atoms with Crippen LogP contribution in [0, 0.1) is 0 Å². The quantitative estimate of drug-likeness (QED) is 0.908. The fourth-order valence-electron chi connectivity index (χ4n) is 0.812. The molecule has 0 aromatic carbocycles. The van der Waals surface area contributed by atoms with Crippen LogP contribution in [0.2, 0.25) is 0 Å². The molecule has 0 fully saturated rings. The Morgan fingerprint density at radius 1 is 1.60 bits per heavy atom. The molecule has 0 bridgehead atoms. The highest BCUT2D eigenvalue weighted by molar-refractivity contribution is 9.10. The van der Waals surface area contributed by atoms with Crippen LogP contribution in [0.25, 0.3) is 0 Å². The average molecular weight is 286 g/mol. The maximum Gasteiger partial charge on any atom is 0.408 e. The summed E-state index contributed by atoms with van der Waals surface area (Å²) in [7, 11) is 0. The molecule has 1 heterocycles. The van der Waals surface area contributed by atoms with Gasteiger partial charge in [-0.1, -0.05) is 0 Å². The lowest BCUT2D eigenvalue weighted by molar-refractivity contribution is -0.149. The molecule has 0 saturated carbocycles. The predicted molar refractivity (Wildman–Crippen MR) is 49.4 cm³/mol. The minimum Gasteiger partial charge on any atom is -0.457 e. The Labute approximate surface area is 91.8 Å². The molecule has 0 saturated heterocycles. The highest BCUT2D eigenvalue weighted by atomic mass is 79.9. The molecule has 1 amide bonds. The van der Waals surface area contributed by atoms with Crippen molar-refractivity contribution in [3.8, 4) is 0 Å². The number of carbonyl (C=O) groups is 1. The fourth-order valence-corrected chi connectivity index (χ4v) is 1.23. The van der Waals surface area contributed by atoms with Gasteiger partial charge < -0.3 is 9.73 Å². The highest BCUT2D eigenvalue weighted by Gasteiger charge is 2.37. The second kappa shape index (κ2) is 4.26. The topological polar surface area (TPSA) is 42.2 Å². The molecular formula is C8H7BrF3NO2. The van der Waals surface area contributed by atoms with Crippen molar-refractivity contribution in [3.63, 3.8) is 0 Å². The van der Waals surface area contributed by atoms with Crippen LogP contribution in [0.4, 0.5) is 13.2 Å². The van der Waals surface area contributed by atoms with Crippen molar-refractivity contribution in [2.75, 3.05) is 0 Å². The third-order valence-electron chi connectivity index (χ3n) is 1.70. The summed E-state index contributed by atoms with van der Waals surface area (Å²) in [4.78, 5) is 11.3. The molecule has 3 nitrogen and oxygen atoms in total. The summed E-state index contributed by atoms with van der Waals surface area (Å²) >= 11 is 2.90. The van der Waals surface area contributed by atoms with Crippen LogP contribution in [0.5, 0.6) is 0 Å². The van der Waals surface area contributed by atoms with Crippen molar-refractivity contribution >= 4 is 21.8 Å². The van der Waals surface area contributed by atoms with Crippen LogP contribution in [0.1, 0.15) is 17.3 Å². The van der Waals surface area contributed by atoms with Gasteiger partial charge in [0.2, 0.25) is 0 Å². The summed E-state index contributed by atoms with van der Waals surface area (Å²) in [5.74, 6) is -0.833. The van der Waals surface area contributed by atoms with E-state index in [0.717, 1.165) is 6.92 Å². The number of amides is 1. The molecule has 0 aliphatic carbocycles. The summed E-state index contributed by atoms with van der Waals surface area (Å²) < 4.78 is 41.1. The largest absolute Gasteiger partial charge is 0.457 e. The molecule has 84 valence electrons. The Kier molecular flexibility index (Phi) is 3.43. The zero-order valence-electron chi connectivity index (χ0n) is 7.56. The van der Waals surface area contributed by atoms with Crippen LogP contribution >= 0.6 is 15.9 Å². The van der Waals surface area contributed by atoms with Gasteiger partial charge in [0.25, 0.3) is 5.91 Å². The Hall–Kier alpha value is -0.980. The summed E-state index contributed by atoms with van der Waals surface area (Å²) in [6.07, 6.45) is -3.25. The van der Waals surface area contributed by atoms with E-state index < -0.39 is 18.1 Å². The van der Waals surface area contributed by atoms with Crippen molar-refractivity contribution in [1.29, 1.82) is 0 Å². The first-order chi connectivity index (χ1) is 6.82.